The molecule has 200 valence electrons. The second-order valence-electron chi connectivity index (χ2n) is 11.5. The van der Waals surface area contributed by atoms with Crippen LogP contribution in [0.5, 0.6) is 0 Å². The molecule has 36 heavy (non-hydrogen) atoms. The maximum Gasteiger partial charge on any atom is 0.498 e. The molecule has 1 N–H and O–H groups in total. The first-order valence-corrected chi connectivity index (χ1v) is 13.7. The van der Waals surface area contributed by atoms with Gasteiger partial charge in [0.25, 0.3) is 0 Å². The number of amides is 2. The first-order chi connectivity index (χ1) is 16.4. The largest absolute Gasteiger partial charge is 0.498 e. The van der Waals surface area contributed by atoms with E-state index in [1.54, 1.807) is 32.6 Å². The molecular weight excluding hydrogens is 487 g/mol. The zero-order valence-corrected chi connectivity index (χ0v) is 23.1. The summed E-state index contributed by atoms with van der Waals surface area (Å²) >= 11 is 0. The van der Waals surface area contributed by atoms with Gasteiger partial charge >= 0.3 is 13.2 Å². The van der Waals surface area contributed by atoms with Crippen molar-refractivity contribution in [3.63, 3.8) is 0 Å². The molecule has 1 aromatic heterocycles. The van der Waals surface area contributed by atoms with Gasteiger partial charge < -0.3 is 24.3 Å². The predicted molar refractivity (Wildman–Crippen MR) is 133 cm³/mol. The molecule has 2 fully saturated rings. The summed E-state index contributed by atoms with van der Waals surface area (Å²) < 4.78 is 43.0. The minimum Gasteiger partial charge on any atom is -0.444 e. The van der Waals surface area contributed by atoms with Gasteiger partial charge in [0.05, 0.1) is 17.0 Å². The number of nitrogens with one attached hydrogen (secondary N) is 1. The van der Waals surface area contributed by atoms with Gasteiger partial charge in [-0.3, -0.25) is 4.79 Å². The van der Waals surface area contributed by atoms with Crippen molar-refractivity contribution in [1.29, 1.82) is 0 Å². The smallest absolute Gasteiger partial charge is 0.444 e. The number of hydrogen-bond donors (Lipinski definition) is 1. The van der Waals surface area contributed by atoms with Crippen LogP contribution in [0.1, 0.15) is 61.8 Å². The van der Waals surface area contributed by atoms with Gasteiger partial charge in [-0.15, -0.1) is 0 Å². The second-order valence-corrected chi connectivity index (χ2v) is 13.4. The first kappa shape index (κ1) is 28.3. The molecule has 11 nitrogen and oxygen atoms in total. The van der Waals surface area contributed by atoms with Crippen LogP contribution in [0.15, 0.2) is 17.6 Å². The van der Waals surface area contributed by atoms with Crippen molar-refractivity contribution >= 4 is 34.4 Å². The molecule has 0 bridgehead atoms. The van der Waals surface area contributed by atoms with Crippen LogP contribution in [0.3, 0.4) is 0 Å². The number of sulfone groups is 1. The molecule has 0 radical (unpaired) electrons. The number of likely N-dealkylation sites (tertiary alicyclic amines) is 1. The van der Waals surface area contributed by atoms with Crippen molar-refractivity contribution in [2.45, 2.75) is 89.8 Å². The summed E-state index contributed by atoms with van der Waals surface area (Å²) in [5.74, 6) is -0.733. The van der Waals surface area contributed by atoms with Gasteiger partial charge in [-0.2, -0.15) is 0 Å². The van der Waals surface area contributed by atoms with Crippen LogP contribution in [0.2, 0.25) is 0 Å². The monoisotopic (exact) mass is 524 g/mol. The van der Waals surface area contributed by atoms with Crippen LogP contribution in [-0.4, -0.2) is 84.1 Å². The zero-order valence-electron chi connectivity index (χ0n) is 22.3. The molecule has 3 rings (SSSR count). The van der Waals surface area contributed by atoms with Crippen LogP contribution in [0.25, 0.3) is 0 Å². The number of hydrogen-bond acceptors (Lipinski definition) is 9. The van der Waals surface area contributed by atoms with E-state index in [4.69, 9.17) is 14.0 Å². The van der Waals surface area contributed by atoms with Crippen molar-refractivity contribution in [2.75, 3.05) is 18.8 Å². The Bertz CT molecular complexity index is 1070. The summed E-state index contributed by atoms with van der Waals surface area (Å²) in [6.45, 7) is 15.2. The van der Waals surface area contributed by atoms with E-state index in [9.17, 15) is 18.0 Å². The Morgan fingerprint density at radius 1 is 1.19 bits per heavy atom. The van der Waals surface area contributed by atoms with E-state index in [0.717, 1.165) is 0 Å². The van der Waals surface area contributed by atoms with Gasteiger partial charge in [0, 0.05) is 30.9 Å². The topological polar surface area (TPSA) is 137 Å². The standard InChI is InChI=1S/C23H37BN4O7S/c1-15(27-20(30)33-21(2,3)4)18(29)28-10-9-16(13-28)14-36(31,32)19-25-11-17(12-26-19)24-34-22(5,6)23(7,8)35-24/h11-12,15-16H,9-10,13-14H2,1-8H3,(H,27,30)/t15-,16+/m0/s1. The normalized spacial score (nSPS) is 22.4. The molecule has 2 aliphatic heterocycles. The molecule has 2 amide bonds. The Labute approximate surface area is 213 Å². The fraction of sp³-hybridized carbons (Fsp3) is 0.739. The van der Waals surface area contributed by atoms with E-state index in [0.29, 0.717) is 18.4 Å². The van der Waals surface area contributed by atoms with Crippen LogP contribution in [-0.2, 0) is 28.7 Å². The lowest BCUT2D eigenvalue weighted by Crippen LogP contribution is -2.47. The number of alkyl carbamates (subject to hydrolysis) is 1. The van der Waals surface area contributed by atoms with E-state index >= 15 is 0 Å². The van der Waals surface area contributed by atoms with Gasteiger partial charge in [0.15, 0.2) is 0 Å². The molecule has 2 saturated heterocycles. The number of aromatic nitrogens is 2. The lowest BCUT2D eigenvalue weighted by Gasteiger charge is -2.32. The van der Waals surface area contributed by atoms with E-state index in [2.05, 4.69) is 15.3 Å². The summed E-state index contributed by atoms with van der Waals surface area (Å²) in [6, 6.07) is -0.791. The average Bonchev–Trinajstić information content (AvgIpc) is 3.26. The lowest BCUT2D eigenvalue weighted by atomic mass is 9.81. The summed E-state index contributed by atoms with van der Waals surface area (Å²) in [7, 11) is -4.45. The van der Waals surface area contributed by atoms with Crippen LogP contribution < -0.4 is 10.8 Å². The summed E-state index contributed by atoms with van der Waals surface area (Å²) in [6.07, 6.45) is 2.67. The highest BCUT2D eigenvalue weighted by Crippen LogP contribution is 2.36. The second kappa shape index (κ2) is 9.90. The number of ether oxygens (including phenoxy) is 1. The zero-order chi connectivity index (χ0) is 27.1. The highest BCUT2D eigenvalue weighted by molar-refractivity contribution is 7.91. The predicted octanol–water partition coefficient (Wildman–Crippen LogP) is 1.31. The first-order valence-electron chi connectivity index (χ1n) is 12.1. The number of nitrogens with zero attached hydrogens (tertiary/aromatic N) is 3. The minimum atomic E-state index is -3.77. The molecule has 13 heteroatoms. The van der Waals surface area contributed by atoms with Crippen molar-refractivity contribution in [3.05, 3.63) is 12.4 Å². The fourth-order valence-electron chi connectivity index (χ4n) is 3.96. The third kappa shape index (κ3) is 6.54. The number of rotatable bonds is 6. The van der Waals surface area contributed by atoms with Crippen molar-refractivity contribution in [1.82, 2.24) is 20.2 Å². The van der Waals surface area contributed by atoms with E-state index in [1.165, 1.54) is 12.4 Å². The molecule has 0 spiro atoms. The number of carbonyl (C=O) groups is 2. The minimum absolute atomic E-state index is 0.180. The highest BCUT2D eigenvalue weighted by Gasteiger charge is 2.52. The molecule has 3 heterocycles. The van der Waals surface area contributed by atoms with Crippen LogP contribution in [0.4, 0.5) is 4.79 Å². The third-order valence-electron chi connectivity index (χ3n) is 6.61. The molecular formula is C23H37BN4O7S. The van der Waals surface area contributed by atoms with Gasteiger partial charge in [-0.1, -0.05) is 0 Å². The van der Waals surface area contributed by atoms with Gasteiger partial charge in [0.1, 0.15) is 11.6 Å². The Morgan fingerprint density at radius 2 is 1.75 bits per heavy atom. The Balaban J connectivity index is 1.56. The number of carbonyl (C=O) groups excluding carboxylic acids is 2. The van der Waals surface area contributed by atoms with E-state index in [1.807, 2.05) is 27.7 Å². The van der Waals surface area contributed by atoms with Crippen molar-refractivity contribution < 1.29 is 32.1 Å². The molecule has 0 aromatic carbocycles. The van der Waals surface area contributed by atoms with E-state index in [-0.39, 0.29) is 29.3 Å². The van der Waals surface area contributed by atoms with Crippen LogP contribution >= 0.6 is 0 Å². The van der Waals surface area contributed by atoms with Gasteiger partial charge in [0.2, 0.25) is 20.9 Å². The maximum atomic E-state index is 13.0. The molecule has 2 atom stereocenters. The Morgan fingerprint density at radius 3 is 2.28 bits per heavy atom. The van der Waals surface area contributed by atoms with Gasteiger partial charge in [-0.05, 0) is 67.7 Å². The molecule has 2 aliphatic rings. The van der Waals surface area contributed by atoms with Gasteiger partial charge in [-0.25, -0.2) is 23.2 Å². The molecule has 0 aliphatic carbocycles. The lowest BCUT2D eigenvalue weighted by molar-refractivity contribution is -0.132. The Kier molecular flexibility index (Phi) is 7.79. The summed E-state index contributed by atoms with van der Waals surface area (Å²) in [5.41, 5.74) is -1.20. The maximum absolute atomic E-state index is 13.0. The molecule has 1 aromatic rings. The fourth-order valence-corrected chi connectivity index (χ4v) is 5.43. The summed E-state index contributed by atoms with van der Waals surface area (Å²) in [4.78, 5) is 34.4. The van der Waals surface area contributed by atoms with Crippen molar-refractivity contribution in [2.24, 2.45) is 5.92 Å². The SMILES string of the molecule is C[C@H](NC(=O)OC(C)(C)C)C(=O)N1CC[C@@H](CS(=O)(=O)c2ncc(B3OC(C)(C)C(C)(C)O3)cn2)C1. The molecule has 0 saturated carbocycles. The highest BCUT2D eigenvalue weighted by atomic mass is 32.2. The van der Waals surface area contributed by atoms with Crippen LogP contribution in [0, 0.1) is 5.92 Å². The van der Waals surface area contributed by atoms with E-state index < -0.39 is 45.9 Å². The quantitative estimate of drug-likeness (QED) is 0.431. The Hall–Kier alpha value is -2.25. The molecule has 0 unspecified atom stereocenters. The average molecular weight is 524 g/mol. The third-order valence-corrected chi connectivity index (χ3v) is 8.29. The summed E-state index contributed by atoms with van der Waals surface area (Å²) in [5, 5.41) is 2.26. The van der Waals surface area contributed by atoms with Crippen molar-refractivity contribution in [3.8, 4) is 0 Å².